The number of aromatic nitrogens is 2. The number of rotatable bonds is 9. The summed E-state index contributed by atoms with van der Waals surface area (Å²) in [7, 11) is 3.97. The molecule has 3 N–H and O–H groups in total. The van der Waals surface area contributed by atoms with Crippen LogP contribution in [0.1, 0.15) is 28.2 Å². The van der Waals surface area contributed by atoms with Crippen LogP contribution in [0.4, 0.5) is 17.6 Å². The van der Waals surface area contributed by atoms with E-state index in [0.717, 1.165) is 31.1 Å². The van der Waals surface area contributed by atoms with Crippen molar-refractivity contribution in [3.63, 3.8) is 0 Å². The lowest BCUT2D eigenvalue weighted by molar-refractivity contribution is 0.0699. The zero-order valence-electron chi connectivity index (χ0n) is 20.6. The van der Waals surface area contributed by atoms with Crippen molar-refractivity contribution in [2.75, 3.05) is 27.2 Å². The molecule has 194 valence electrons. The predicted octanol–water partition coefficient (Wildman–Crippen LogP) is 5.50. The van der Waals surface area contributed by atoms with Gasteiger partial charge in [0.15, 0.2) is 23.3 Å². The van der Waals surface area contributed by atoms with Crippen LogP contribution in [0.25, 0.3) is 33.3 Å². The average molecular weight is 515 g/mol. The molecule has 0 radical (unpaired) electrons. The van der Waals surface area contributed by atoms with Gasteiger partial charge < -0.3 is 20.3 Å². The molecular weight excluding hydrogens is 488 g/mol. The van der Waals surface area contributed by atoms with E-state index in [0.29, 0.717) is 12.4 Å². The van der Waals surface area contributed by atoms with Gasteiger partial charge in [0.1, 0.15) is 11.3 Å². The molecule has 3 aromatic carbocycles. The number of hydrogen-bond acceptors (Lipinski definition) is 4. The van der Waals surface area contributed by atoms with Crippen LogP contribution in [0, 0.1) is 30.2 Å². The second kappa shape index (κ2) is 10.7. The Hall–Kier alpha value is -3.76. The highest BCUT2D eigenvalue weighted by Gasteiger charge is 2.28. The summed E-state index contributed by atoms with van der Waals surface area (Å²) in [6, 6.07) is 8.22. The number of hydrogen-bond donors (Lipinski definition) is 3. The maximum absolute atomic E-state index is 15.2. The topological polar surface area (TPSA) is 81.2 Å². The van der Waals surface area contributed by atoms with Crippen molar-refractivity contribution in [1.82, 2.24) is 20.2 Å². The largest absolute Gasteiger partial charge is 0.478 e. The zero-order valence-corrected chi connectivity index (χ0v) is 20.6. The second-order valence-corrected chi connectivity index (χ2v) is 9.08. The van der Waals surface area contributed by atoms with Crippen LogP contribution in [-0.2, 0) is 6.54 Å². The fraction of sp³-hybridized carbons (Fsp3) is 0.259. The minimum Gasteiger partial charge on any atom is -0.478 e. The second-order valence-electron chi connectivity index (χ2n) is 9.08. The molecule has 0 aliphatic carbocycles. The standard InChI is InChI=1S/C27H26F4N4O2/c1-14-33-19-12-17(11-18(27(36)37)26(19)34-14)21-24(30)22(28)20(23(29)25(21)31)16-7-5-15(6-8-16)13-32-9-4-10-35(2)3/h5-8,11-12,32H,4,9-10,13H2,1-3H3,(H,33,34)(H,36,37). The fourth-order valence-corrected chi connectivity index (χ4v) is 4.23. The number of imidazole rings is 1. The summed E-state index contributed by atoms with van der Waals surface area (Å²) in [5, 5.41) is 12.8. The number of aryl methyl sites for hydroxylation is 1. The van der Waals surface area contributed by atoms with Crippen LogP contribution < -0.4 is 5.32 Å². The number of fused-ring (bicyclic) bond motifs is 1. The number of H-pyrrole nitrogens is 1. The molecule has 0 aliphatic rings. The Kier molecular flexibility index (Phi) is 7.60. The number of carboxylic acid groups (broad SMARTS) is 1. The number of aromatic carboxylic acids is 1. The number of nitrogens with one attached hydrogen (secondary N) is 2. The lowest BCUT2D eigenvalue weighted by Crippen LogP contribution is -2.20. The van der Waals surface area contributed by atoms with E-state index in [1.165, 1.54) is 18.2 Å². The van der Waals surface area contributed by atoms with Crippen LogP contribution in [0.15, 0.2) is 36.4 Å². The van der Waals surface area contributed by atoms with Gasteiger partial charge in [-0.05, 0) is 69.4 Å². The summed E-state index contributed by atoms with van der Waals surface area (Å²) in [6.45, 7) is 3.83. The molecular formula is C27H26F4N4O2. The number of halogens is 4. The van der Waals surface area contributed by atoms with Crippen molar-refractivity contribution in [2.24, 2.45) is 0 Å². The van der Waals surface area contributed by atoms with Gasteiger partial charge in [-0.15, -0.1) is 0 Å². The molecule has 6 nitrogen and oxygen atoms in total. The number of carbonyl (C=O) groups is 1. The van der Waals surface area contributed by atoms with E-state index in [-0.39, 0.29) is 27.7 Å². The fourth-order valence-electron chi connectivity index (χ4n) is 4.23. The molecule has 0 bridgehead atoms. The van der Waals surface area contributed by atoms with Crippen molar-refractivity contribution in [1.29, 1.82) is 0 Å². The highest BCUT2D eigenvalue weighted by Crippen LogP contribution is 2.38. The van der Waals surface area contributed by atoms with Gasteiger partial charge in [0.25, 0.3) is 0 Å². The van der Waals surface area contributed by atoms with E-state index >= 15 is 17.6 Å². The minimum atomic E-state index is -1.62. The van der Waals surface area contributed by atoms with Gasteiger partial charge in [-0.3, -0.25) is 0 Å². The maximum atomic E-state index is 15.2. The normalized spacial score (nSPS) is 11.6. The third-order valence-electron chi connectivity index (χ3n) is 6.02. The maximum Gasteiger partial charge on any atom is 0.337 e. The first-order valence-corrected chi connectivity index (χ1v) is 11.6. The van der Waals surface area contributed by atoms with E-state index in [1.807, 2.05) is 14.1 Å². The lowest BCUT2D eigenvalue weighted by atomic mass is 9.95. The number of aromatic amines is 1. The quantitative estimate of drug-likeness (QED) is 0.156. The van der Waals surface area contributed by atoms with Crippen molar-refractivity contribution in [2.45, 2.75) is 19.9 Å². The van der Waals surface area contributed by atoms with E-state index in [9.17, 15) is 9.90 Å². The molecule has 0 spiro atoms. The molecule has 37 heavy (non-hydrogen) atoms. The molecule has 0 saturated heterocycles. The zero-order chi connectivity index (χ0) is 26.9. The van der Waals surface area contributed by atoms with Gasteiger partial charge in [-0.2, -0.15) is 0 Å². The first-order valence-electron chi connectivity index (χ1n) is 11.6. The summed E-state index contributed by atoms with van der Waals surface area (Å²) < 4.78 is 60.8. The third-order valence-corrected chi connectivity index (χ3v) is 6.02. The van der Waals surface area contributed by atoms with E-state index < -0.39 is 40.4 Å². The molecule has 0 fully saturated rings. The van der Waals surface area contributed by atoms with Crippen molar-refractivity contribution in [3.05, 3.63) is 76.6 Å². The Balaban J connectivity index is 1.68. The molecule has 1 aromatic heterocycles. The highest BCUT2D eigenvalue weighted by molar-refractivity contribution is 6.03. The number of benzene rings is 3. The summed E-state index contributed by atoms with van der Waals surface area (Å²) in [6.07, 6.45) is 0.952. The van der Waals surface area contributed by atoms with Gasteiger partial charge in [0, 0.05) is 6.54 Å². The van der Waals surface area contributed by atoms with Gasteiger partial charge >= 0.3 is 5.97 Å². The van der Waals surface area contributed by atoms with Crippen molar-refractivity contribution >= 4 is 17.0 Å². The first-order chi connectivity index (χ1) is 17.6. The Labute approximate surface area is 211 Å². The van der Waals surface area contributed by atoms with Crippen LogP contribution in [0.5, 0.6) is 0 Å². The van der Waals surface area contributed by atoms with Gasteiger partial charge in [0.05, 0.1) is 22.2 Å². The third kappa shape index (κ3) is 5.35. The summed E-state index contributed by atoms with van der Waals surface area (Å²) in [5.74, 6) is -7.40. The van der Waals surface area contributed by atoms with Crippen LogP contribution >= 0.6 is 0 Å². The summed E-state index contributed by atoms with van der Waals surface area (Å²) >= 11 is 0. The molecule has 0 atom stereocenters. The smallest absolute Gasteiger partial charge is 0.337 e. The first kappa shape index (κ1) is 26.3. The predicted molar refractivity (Wildman–Crippen MR) is 133 cm³/mol. The van der Waals surface area contributed by atoms with E-state index in [4.69, 9.17) is 0 Å². The average Bonchev–Trinajstić information content (AvgIpc) is 3.23. The monoisotopic (exact) mass is 514 g/mol. The Morgan fingerprint density at radius 3 is 2.14 bits per heavy atom. The Morgan fingerprint density at radius 2 is 1.57 bits per heavy atom. The van der Waals surface area contributed by atoms with Crippen molar-refractivity contribution < 1.29 is 27.5 Å². The molecule has 0 unspecified atom stereocenters. The molecule has 4 aromatic rings. The molecule has 0 amide bonds. The Morgan fingerprint density at radius 1 is 0.973 bits per heavy atom. The van der Waals surface area contributed by atoms with Crippen LogP contribution in [0.2, 0.25) is 0 Å². The SMILES string of the molecule is Cc1nc2c(C(=O)O)cc(-c3c(F)c(F)c(-c4ccc(CNCCCN(C)C)cc4)c(F)c3F)cc2[nH]1. The van der Waals surface area contributed by atoms with E-state index in [1.54, 1.807) is 19.1 Å². The molecule has 10 heteroatoms. The molecule has 1 heterocycles. The number of carboxylic acids is 1. The highest BCUT2D eigenvalue weighted by atomic mass is 19.2. The van der Waals surface area contributed by atoms with Gasteiger partial charge in [0.2, 0.25) is 0 Å². The Bertz CT molecular complexity index is 1440. The van der Waals surface area contributed by atoms with E-state index in [2.05, 4.69) is 20.2 Å². The van der Waals surface area contributed by atoms with Gasteiger partial charge in [-0.25, -0.2) is 27.3 Å². The van der Waals surface area contributed by atoms with Crippen LogP contribution in [-0.4, -0.2) is 53.1 Å². The molecule has 4 rings (SSSR count). The number of nitrogens with zero attached hydrogens (tertiary/aromatic N) is 2. The van der Waals surface area contributed by atoms with Crippen LogP contribution in [0.3, 0.4) is 0 Å². The molecule has 0 saturated carbocycles. The minimum absolute atomic E-state index is 0.0263. The molecule has 0 aliphatic heterocycles. The van der Waals surface area contributed by atoms with Gasteiger partial charge in [-0.1, -0.05) is 24.3 Å². The summed E-state index contributed by atoms with van der Waals surface area (Å²) in [5.41, 5.74) is -1.45. The lowest BCUT2D eigenvalue weighted by Gasteiger charge is -2.14. The van der Waals surface area contributed by atoms with Crippen molar-refractivity contribution in [3.8, 4) is 22.3 Å². The summed E-state index contributed by atoms with van der Waals surface area (Å²) in [4.78, 5) is 20.6.